The fourth-order valence-electron chi connectivity index (χ4n) is 2.24. The number of carbonyl (C=O) groups excluding carboxylic acids is 1. The van der Waals surface area contributed by atoms with Gasteiger partial charge in [0.1, 0.15) is 16.5 Å². The maximum absolute atomic E-state index is 13.5. The number of nitrogens with one attached hydrogen (secondary N) is 1. The van der Waals surface area contributed by atoms with Crippen LogP contribution in [-0.4, -0.2) is 39.3 Å². The molecule has 1 amide bonds. The molecule has 26 heavy (non-hydrogen) atoms. The molecule has 0 saturated heterocycles. The Bertz CT molecular complexity index is 934. The van der Waals surface area contributed by atoms with Crippen LogP contribution in [0, 0.1) is 12.7 Å². The molecule has 0 spiro atoms. The van der Waals surface area contributed by atoms with Crippen LogP contribution in [0.15, 0.2) is 41.3 Å². The molecule has 0 bridgehead atoms. The van der Waals surface area contributed by atoms with Crippen LogP contribution in [-0.2, 0) is 14.8 Å². The predicted molar refractivity (Wildman–Crippen MR) is 97.6 cm³/mol. The van der Waals surface area contributed by atoms with Crippen LogP contribution in [0.1, 0.15) is 5.56 Å². The van der Waals surface area contributed by atoms with Gasteiger partial charge in [-0.2, -0.15) is 4.31 Å². The first-order chi connectivity index (χ1) is 12.2. The van der Waals surface area contributed by atoms with Crippen molar-refractivity contribution in [1.82, 2.24) is 4.31 Å². The van der Waals surface area contributed by atoms with Gasteiger partial charge in [-0.05, 0) is 42.8 Å². The van der Waals surface area contributed by atoms with Gasteiger partial charge in [0.15, 0.2) is 0 Å². The Balaban J connectivity index is 2.20. The molecule has 9 heteroatoms. The standard InChI is InChI=1S/C17H18ClFN2O4S/c1-11-13(18)5-4-6-14(11)20-17(22)10-21(2)26(23,24)16-9-12(19)7-8-15(16)25-3/h4-9H,10H2,1-3H3,(H,20,22). The van der Waals surface area contributed by atoms with E-state index in [1.807, 2.05) is 0 Å². The van der Waals surface area contributed by atoms with Crippen molar-refractivity contribution in [3.05, 3.63) is 52.8 Å². The van der Waals surface area contributed by atoms with Crippen LogP contribution in [0.25, 0.3) is 0 Å². The molecule has 0 radical (unpaired) electrons. The summed E-state index contributed by atoms with van der Waals surface area (Å²) in [5.41, 5.74) is 1.15. The molecule has 0 fully saturated rings. The second kappa shape index (κ2) is 8.03. The summed E-state index contributed by atoms with van der Waals surface area (Å²) in [6.45, 7) is 1.27. The van der Waals surface area contributed by atoms with E-state index >= 15 is 0 Å². The van der Waals surface area contributed by atoms with Crippen LogP contribution in [0.2, 0.25) is 5.02 Å². The molecule has 0 aliphatic carbocycles. The van der Waals surface area contributed by atoms with Crippen molar-refractivity contribution < 1.29 is 22.3 Å². The highest BCUT2D eigenvalue weighted by Crippen LogP contribution is 2.27. The molecule has 0 saturated carbocycles. The summed E-state index contributed by atoms with van der Waals surface area (Å²) in [5.74, 6) is -1.29. The number of anilines is 1. The summed E-state index contributed by atoms with van der Waals surface area (Å²) in [6.07, 6.45) is 0. The molecule has 2 aromatic rings. The van der Waals surface area contributed by atoms with Gasteiger partial charge in [0.05, 0.1) is 13.7 Å². The fourth-order valence-corrected chi connectivity index (χ4v) is 3.70. The number of benzene rings is 2. The SMILES string of the molecule is COc1ccc(F)cc1S(=O)(=O)N(C)CC(=O)Nc1cccc(Cl)c1C. The molecule has 140 valence electrons. The molecule has 2 aromatic carbocycles. The van der Waals surface area contributed by atoms with E-state index in [1.54, 1.807) is 25.1 Å². The average molecular weight is 401 g/mol. The largest absolute Gasteiger partial charge is 0.495 e. The monoisotopic (exact) mass is 400 g/mol. The van der Waals surface area contributed by atoms with E-state index in [0.29, 0.717) is 16.3 Å². The van der Waals surface area contributed by atoms with E-state index in [9.17, 15) is 17.6 Å². The van der Waals surface area contributed by atoms with Crippen LogP contribution in [0.4, 0.5) is 10.1 Å². The Labute approximate surface area is 156 Å². The van der Waals surface area contributed by atoms with Crippen molar-refractivity contribution in [3.63, 3.8) is 0 Å². The van der Waals surface area contributed by atoms with Crippen molar-refractivity contribution in [2.24, 2.45) is 0 Å². The van der Waals surface area contributed by atoms with Gasteiger partial charge in [-0.3, -0.25) is 4.79 Å². The van der Waals surface area contributed by atoms with Crippen molar-refractivity contribution in [2.75, 3.05) is 26.0 Å². The summed E-state index contributed by atoms with van der Waals surface area (Å²) >= 11 is 6.00. The minimum Gasteiger partial charge on any atom is -0.495 e. The zero-order valence-electron chi connectivity index (χ0n) is 14.4. The Hall–Kier alpha value is -2.16. The third-order valence-electron chi connectivity index (χ3n) is 3.72. The number of halogens is 2. The molecule has 0 heterocycles. The molecule has 6 nitrogen and oxygen atoms in total. The molecule has 0 atom stereocenters. The normalized spacial score (nSPS) is 11.5. The highest BCUT2D eigenvalue weighted by molar-refractivity contribution is 7.89. The summed E-state index contributed by atoms with van der Waals surface area (Å²) < 4.78 is 44.6. The second-order valence-corrected chi connectivity index (χ2v) is 7.94. The van der Waals surface area contributed by atoms with Gasteiger partial charge in [-0.1, -0.05) is 17.7 Å². The average Bonchev–Trinajstić information content (AvgIpc) is 2.58. The van der Waals surface area contributed by atoms with Gasteiger partial charge in [-0.25, -0.2) is 12.8 Å². The van der Waals surface area contributed by atoms with Crippen molar-refractivity contribution >= 4 is 33.2 Å². The Morgan fingerprint density at radius 2 is 2.00 bits per heavy atom. The van der Waals surface area contributed by atoms with Gasteiger partial charge < -0.3 is 10.1 Å². The van der Waals surface area contributed by atoms with Gasteiger partial charge in [0, 0.05) is 17.8 Å². The van der Waals surface area contributed by atoms with Crippen molar-refractivity contribution in [1.29, 1.82) is 0 Å². The lowest BCUT2D eigenvalue weighted by Crippen LogP contribution is -2.35. The highest BCUT2D eigenvalue weighted by Gasteiger charge is 2.27. The number of amides is 1. The number of sulfonamides is 1. The lowest BCUT2D eigenvalue weighted by molar-refractivity contribution is -0.116. The van der Waals surface area contributed by atoms with E-state index < -0.39 is 28.3 Å². The van der Waals surface area contributed by atoms with E-state index in [-0.39, 0.29) is 10.6 Å². The van der Waals surface area contributed by atoms with Crippen LogP contribution >= 0.6 is 11.6 Å². The quantitative estimate of drug-likeness (QED) is 0.808. The molecule has 1 N–H and O–H groups in total. The maximum Gasteiger partial charge on any atom is 0.247 e. The summed E-state index contributed by atoms with van der Waals surface area (Å²) in [4.78, 5) is 11.9. The number of nitrogens with zero attached hydrogens (tertiary/aromatic N) is 1. The lowest BCUT2D eigenvalue weighted by atomic mass is 10.2. The van der Waals surface area contributed by atoms with Gasteiger partial charge in [0.2, 0.25) is 15.9 Å². The zero-order chi connectivity index (χ0) is 19.5. The summed E-state index contributed by atoms with van der Waals surface area (Å²) in [6, 6.07) is 8.16. The summed E-state index contributed by atoms with van der Waals surface area (Å²) in [7, 11) is -1.62. The minimum absolute atomic E-state index is 0.00987. The number of ether oxygens (including phenoxy) is 1. The van der Waals surface area contributed by atoms with Crippen LogP contribution in [0.5, 0.6) is 5.75 Å². The topological polar surface area (TPSA) is 75.7 Å². The van der Waals surface area contributed by atoms with Gasteiger partial charge in [-0.15, -0.1) is 0 Å². The molecule has 0 aliphatic heterocycles. The Kier molecular flexibility index (Phi) is 6.22. The second-order valence-electron chi connectivity index (χ2n) is 5.52. The van der Waals surface area contributed by atoms with E-state index in [2.05, 4.69) is 5.32 Å². The van der Waals surface area contributed by atoms with E-state index in [0.717, 1.165) is 16.4 Å². The lowest BCUT2D eigenvalue weighted by Gasteiger charge is -2.19. The highest BCUT2D eigenvalue weighted by atomic mass is 35.5. The van der Waals surface area contributed by atoms with Gasteiger partial charge >= 0.3 is 0 Å². The zero-order valence-corrected chi connectivity index (χ0v) is 16.0. The number of hydrogen-bond donors (Lipinski definition) is 1. The fraction of sp³-hybridized carbons (Fsp3) is 0.235. The van der Waals surface area contributed by atoms with E-state index in [1.165, 1.54) is 20.2 Å². The molecule has 0 aliphatic rings. The molecular formula is C17H18ClFN2O4S. The van der Waals surface area contributed by atoms with Crippen molar-refractivity contribution in [2.45, 2.75) is 11.8 Å². The van der Waals surface area contributed by atoms with E-state index in [4.69, 9.17) is 16.3 Å². The Morgan fingerprint density at radius 1 is 1.31 bits per heavy atom. The first-order valence-electron chi connectivity index (χ1n) is 7.51. The number of likely N-dealkylation sites (N-methyl/N-ethyl adjacent to an activating group) is 1. The third-order valence-corrected chi connectivity index (χ3v) is 5.96. The smallest absolute Gasteiger partial charge is 0.247 e. The molecule has 0 unspecified atom stereocenters. The number of hydrogen-bond acceptors (Lipinski definition) is 4. The van der Waals surface area contributed by atoms with Crippen LogP contribution < -0.4 is 10.1 Å². The molecular weight excluding hydrogens is 383 g/mol. The maximum atomic E-state index is 13.5. The molecule has 2 rings (SSSR count). The third kappa shape index (κ3) is 4.32. The first kappa shape index (κ1) is 20.2. The molecule has 0 aromatic heterocycles. The Morgan fingerprint density at radius 3 is 2.65 bits per heavy atom. The van der Waals surface area contributed by atoms with Gasteiger partial charge in [0.25, 0.3) is 0 Å². The van der Waals surface area contributed by atoms with Crippen LogP contribution in [0.3, 0.4) is 0 Å². The first-order valence-corrected chi connectivity index (χ1v) is 9.33. The predicted octanol–water partition coefficient (Wildman–Crippen LogP) is 3.06. The number of methoxy groups -OCH3 is 1. The minimum atomic E-state index is -4.13. The number of rotatable bonds is 6. The number of carbonyl (C=O) groups is 1. The van der Waals surface area contributed by atoms with Crippen molar-refractivity contribution in [3.8, 4) is 5.75 Å². The summed E-state index contributed by atoms with van der Waals surface area (Å²) in [5, 5.41) is 3.09.